The summed E-state index contributed by atoms with van der Waals surface area (Å²) in [4.78, 5) is 3.92. The molecule has 0 fully saturated rings. The monoisotopic (exact) mass is 261 g/mol. The van der Waals surface area contributed by atoms with Crippen LogP contribution in [0, 0.1) is 11.6 Å². The molecular formula is C9H6BrF2NO. The molecule has 0 unspecified atom stereocenters. The SMILES string of the molecule is Fc1cc(Br)cc(C2=NCCO2)c1F. The van der Waals surface area contributed by atoms with Gasteiger partial charge in [0.25, 0.3) is 0 Å². The van der Waals surface area contributed by atoms with Crippen molar-refractivity contribution in [2.24, 2.45) is 4.99 Å². The van der Waals surface area contributed by atoms with E-state index in [1.165, 1.54) is 6.07 Å². The molecule has 2 nitrogen and oxygen atoms in total. The minimum atomic E-state index is -0.922. The quantitative estimate of drug-likeness (QED) is 0.712. The topological polar surface area (TPSA) is 21.6 Å². The van der Waals surface area contributed by atoms with Gasteiger partial charge in [-0.1, -0.05) is 15.9 Å². The molecule has 1 aromatic rings. The number of benzene rings is 1. The van der Waals surface area contributed by atoms with E-state index in [0.29, 0.717) is 17.6 Å². The Balaban J connectivity index is 2.51. The summed E-state index contributed by atoms with van der Waals surface area (Å²) in [5.41, 5.74) is 0.0642. The van der Waals surface area contributed by atoms with Crippen LogP contribution in [0.5, 0.6) is 0 Å². The van der Waals surface area contributed by atoms with Crippen LogP contribution in [0.2, 0.25) is 0 Å². The molecule has 2 rings (SSSR count). The number of nitrogens with zero attached hydrogens (tertiary/aromatic N) is 1. The molecule has 1 heterocycles. The van der Waals surface area contributed by atoms with Gasteiger partial charge in [-0.05, 0) is 12.1 Å². The molecule has 0 aromatic heterocycles. The molecule has 0 saturated carbocycles. The van der Waals surface area contributed by atoms with Gasteiger partial charge in [-0.15, -0.1) is 0 Å². The number of aliphatic imine (C=N–C) groups is 1. The van der Waals surface area contributed by atoms with E-state index >= 15 is 0 Å². The van der Waals surface area contributed by atoms with Gasteiger partial charge in [0.2, 0.25) is 5.90 Å². The van der Waals surface area contributed by atoms with Crippen molar-refractivity contribution >= 4 is 21.8 Å². The van der Waals surface area contributed by atoms with Crippen LogP contribution < -0.4 is 0 Å². The molecule has 0 atom stereocenters. The van der Waals surface area contributed by atoms with Gasteiger partial charge in [0.15, 0.2) is 11.6 Å². The highest BCUT2D eigenvalue weighted by molar-refractivity contribution is 9.10. The average molecular weight is 262 g/mol. The first-order valence-corrected chi connectivity index (χ1v) is 4.80. The highest BCUT2D eigenvalue weighted by atomic mass is 79.9. The Morgan fingerprint density at radius 3 is 2.79 bits per heavy atom. The van der Waals surface area contributed by atoms with E-state index < -0.39 is 11.6 Å². The molecule has 0 bridgehead atoms. The third-order valence-corrected chi connectivity index (χ3v) is 2.27. The van der Waals surface area contributed by atoms with Crippen LogP contribution in [0.15, 0.2) is 21.6 Å². The molecule has 1 aliphatic heterocycles. The number of hydrogen-bond acceptors (Lipinski definition) is 2. The summed E-state index contributed by atoms with van der Waals surface area (Å²) in [7, 11) is 0. The largest absolute Gasteiger partial charge is 0.475 e. The van der Waals surface area contributed by atoms with Gasteiger partial charge < -0.3 is 4.74 Å². The van der Waals surface area contributed by atoms with E-state index in [9.17, 15) is 8.78 Å². The van der Waals surface area contributed by atoms with E-state index in [0.717, 1.165) is 6.07 Å². The highest BCUT2D eigenvalue weighted by Gasteiger charge is 2.18. The van der Waals surface area contributed by atoms with Crippen molar-refractivity contribution in [2.45, 2.75) is 0 Å². The molecule has 0 aliphatic carbocycles. The number of halogens is 3. The fourth-order valence-electron chi connectivity index (χ4n) is 1.21. The van der Waals surface area contributed by atoms with Crippen LogP contribution in [-0.2, 0) is 4.74 Å². The van der Waals surface area contributed by atoms with Gasteiger partial charge in [-0.25, -0.2) is 13.8 Å². The molecule has 0 amide bonds. The third-order valence-electron chi connectivity index (χ3n) is 1.81. The summed E-state index contributed by atoms with van der Waals surface area (Å²) >= 11 is 3.08. The first-order valence-electron chi connectivity index (χ1n) is 4.00. The van der Waals surface area contributed by atoms with E-state index in [1.807, 2.05) is 0 Å². The van der Waals surface area contributed by atoms with Crippen molar-refractivity contribution in [3.63, 3.8) is 0 Å². The maximum Gasteiger partial charge on any atom is 0.219 e. The van der Waals surface area contributed by atoms with Crippen LogP contribution in [-0.4, -0.2) is 19.0 Å². The normalized spacial score (nSPS) is 15.2. The van der Waals surface area contributed by atoms with Crippen molar-refractivity contribution in [3.8, 4) is 0 Å². The zero-order chi connectivity index (χ0) is 10.1. The molecule has 5 heteroatoms. The second kappa shape index (κ2) is 3.65. The van der Waals surface area contributed by atoms with Crippen molar-refractivity contribution < 1.29 is 13.5 Å². The summed E-state index contributed by atoms with van der Waals surface area (Å²) in [6, 6.07) is 2.51. The molecule has 1 aromatic carbocycles. The standard InChI is InChI=1S/C9H6BrF2NO/c10-5-3-6(8(12)7(11)4-5)9-13-1-2-14-9/h3-4H,1-2H2. The predicted molar refractivity (Wildman–Crippen MR) is 51.4 cm³/mol. The lowest BCUT2D eigenvalue weighted by Gasteiger charge is -2.04. The molecule has 0 radical (unpaired) electrons. The van der Waals surface area contributed by atoms with Crippen LogP contribution >= 0.6 is 15.9 Å². The van der Waals surface area contributed by atoms with Gasteiger partial charge in [0, 0.05) is 4.47 Å². The summed E-state index contributed by atoms with van der Waals surface area (Å²) in [5, 5.41) is 0. The maximum absolute atomic E-state index is 13.3. The zero-order valence-corrected chi connectivity index (χ0v) is 8.64. The summed E-state index contributed by atoms with van der Waals surface area (Å²) < 4.78 is 31.8. The minimum Gasteiger partial charge on any atom is -0.475 e. The van der Waals surface area contributed by atoms with Crippen LogP contribution in [0.4, 0.5) is 8.78 Å². The van der Waals surface area contributed by atoms with Crippen LogP contribution in [0.1, 0.15) is 5.56 Å². The zero-order valence-electron chi connectivity index (χ0n) is 7.06. The van der Waals surface area contributed by atoms with Crippen molar-refractivity contribution in [2.75, 3.05) is 13.2 Å². The van der Waals surface area contributed by atoms with Crippen LogP contribution in [0.3, 0.4) is 0 Å². The first kappa shape index (κ1) is 9.58. The van der Waals surface area contributed by atoms with E-state index in [-0.39, 0.29) is 11.5 Å². The Bertz CT molecular complexity index is 406. The third kappa shape index (κ3) is 1.64. The Hall–Kier alpha value is -0.970. The molecule has 74 valence electrons. The smallest absolute Gasteiger partial charge is 0.219 e. The van der Waals surface area contributed by atoms with Gasteiger partial charge in [0.05, 0.1) is 12.1 Å². The van der Waals surface area contributed by atoms with Crippen molar-refractivity contribution in [1.82, 2.24) is 0 Å². The second-order valence-corrected chi connectivity index (χ2v) is 3.70. The molecule has 0 saturated heterocycles. The maximum atomic E-state index is 13.3. The van der Waals surface area contributed by atoms with Gasteiger partial charge in [-0.3, -0.25) is 0 Å². The lowest BCUT2D eigenvalue weighted by molar-refractivity contribution is 0.346. The highest BCUT2D eigenvalue weighted by Crippen LogP contribution is 2.21. The molecule has 14 heavy (non-hydrogen) atoms. The van der Waals surface area contributed by atoms with Gasteiger partial charge in [-0.2, -0.15) is 0 Å². The molecule has 0 N–H and O–H groups in total. The summed E-state index contributed by atoms with van der Waals surface area (Å²) in [6.45, 7) is 0.909. The van der Waals surface area contributed by atoms with E-state index in [4.69, 9.17) is 4.74 Å². The second-order valence-electron chi connectivity index (χ2n) is 2.78. The van der Waals surface area contributed by atoms with Gasteiger partial charge in [0.1, 0.15) is 6.61 Å². The van der Waals surface area contributed by atoms with Crippen molar-refractivity contribution in [3.05, 3.63) is 33.8 Å². The minimum absolute atomic E-state index is 0.0642. The predicted octanol–water partition coefficient (Wildman–Crippen LogP) is 2.50. The fourth-order valence-corrected chi connectivity index (χ4v) is 1.64. The lowest BCUT2D eigenvalue weighted by atomic mass is 10.2. The number of rotatable bonds is 1. The Morgan fingerprint density at radius 1 is 1.36 bits per heavy atom. The number of ether oxygens (including phenoxy) is 1. The Labute approximate surface area is 87.7 Å². The fraction of sp³-hybridized carbons (Fsp3) is 0.222. The molecular weight excluding hydrogens is 256 g/mol. The van der Waals surface area contributed by atoms with E-state index in [1.54, 1.807) is 0 Å². The average Bonchev–Trinajstić information content (AvgIpc) is 2.63. The lowest BCUT2D eigenvalue weighted by Crippen LogP contribution is -2.05. The molecule has 1 aliphatic rings. The van der Waals surface area contributed by atoms with E-state index in [2.05, 4.69) is 20.9 Å². The summed E-state index contributed by atoms with van der Waals surface area (Å²) in [6.07, 6.45) is 0. The van der Waals surface area contributed by atoms with Crippen molar-refractivity contribution in [1.29, 1.82) is 0 Å². The molecule has 0 spiro atoms. The number of hydrogen-bond donors (Lipinski definition) is 0. The summed E-state index contributed by atoms with van der Waals surface area (Å²) in [5.74, 6) is -1.66. The Kier molecular flexibility index (Phi) is 2.50. The van der Waals surface area contributed by atoms with Gasteiger partial charge >= 0.3 is 0 Å². The Morgan fingerprint density at radius 2 is 2.14 bits per heavy atom. The van der Waals surface area contributed by atoms with Crippen LogP contribution in [0.25, 0.3) is 0 Å². The first-order chi connectivity index (χ1) is 6.68.